The molecule has 3 aromatic heterocycles. The summed E-state index contributed by atoms with van der Waals surface area (Å²) in [6.45, 7) is 3.19. The monoisotopic (exact) mass is 533 g/mol. The number of pyridine rings is 1. The Labute approximate surface area is 218 Å². The number of rotatable bonds is 5. The summed E-state index contributed by atoms with van der Waals surface area (Å²) in [5, 5.41) is 23.0. The zero-order valence-electron chi connectivity index (χ0n) is 20.2. The molecule has 1 amide bonds. The number of Topliss-reactive ketones (excluding diaryl/α,β-unsaturated/α-hetero) is 1. The van der Waals surface area contributed by atoms with Crippen molar-refractivity contribution in [3.05, 3.63) is 91.9 Å². The number of thiazole rings is 1. The first-order valence-corrected chi connectivity index (χ1v) is 12.0. The number of aryl methyl sites for hydroxylation is 2. The number of aliphatic hydroxyl groups excluding tert-OH is 1. The molecule has 1 aromatic carbocycles. The molecule has 1 N–H and O–H groups in total. The Morgan fingerprint density at radius 2 is 1.89 bits per heavy atom. The molecule has 1 unspecified atom stereocenters. The summed E-state index contributed by atoms with van der Waals surface area (Å²) >= 11 is 0.833. The largest absolute Gasteiger partial charge is 0.505 e. The van der Waals surface area contributed by atoms with Crippen molar-refractivity contribution in [2.45, 2.75) is 19.9 Å². The maximum atomic E-state index is 13.5. The molecular formula is C25H19N5O7S. The number of ketones is 1. The Kier molecular flexibility index (Phi) is 5.99. The van der Waals surface area contributed by atoms with Crippen LogP contribution in [0.2, 0.25) is 0 Å². The fraction of sp³-hybridized carbons (Fsp3) is 0.160. The Balaban J connectivity index is 1.79. The number of nitro groups is 1. The van der Waals surface area contributed by atoms with Crippen molar-refractivity contribution < 1.29 is 29.2 Å². The molecule has 5 rings (SSSR count). The third-order valence-electron chi connectivity index (χ3n) is 6.13. The number of imidazole rings is 1. The molecule has 192 valence electrons. The number of benzene rings is 1. The summed E-state index contributed by atoms with van der Waals surface area (Å²) in [7, 11) is 1.20. The molecule has 0 bridgehead atoms. The Bertz CT molecular complexity index is 1700. The molecule has 13 heteroatoms. The van der Waals surface area contributed by atoms with Crippen molar-refractivity contribution in [2.24, 2.45) is 0 Å². The second kappa shape index (κ2) is 9.19. The zero-order chi connectivity index (χ0) is 27.3. The van der Waals surface area contributed by atoms with E-state index in [0.29, 0.717) is 11.3 Å². The second-order valence-electron chi connectivity index (χ2n) is 8.40. The molecule has 1 fully saturated rings. The lowest BCUT2D eigenvalue weighted by Crippen LogP contribution is -2.29. The minimum absolute atomic E-state index is 0.00424. The summed E-state index contributed by atoms with van der Waals surface area (Å²) in [4.78, 5) is 59.9. The van der Waals surface area contributed by atoms with E-state index in [9.17, 15) is 29.6 Å². The lowest BCUT2D eigenvalue weighted by atomic mass is 9.96. The standard InChI is InChI=1S/C25H19N5O7S/c1-12-18(28-10-5-4-9-16(28)26-12)20(31)17-19(14-7-6-8-15(11-14)30(35)36)29(23(33)21(17)32)25-27-13(2)22(38-25)24(34)37-3/h4-11,19,31H,1-3H3. The van der Waals surface area contributed by atoms with Crippen molar-refractivity contribution in [2.75, 3.05) is 12.0 Å². The van der Waals surface area contributed by atoms with Gasteiger partial charge in [-0.05, 0) is 31.5 Å². The lowest BCUT2D eigenvalue weighted by molar-refractivity contribution is -0.384. The van der Waals surface area contributed by atoms with Gasteiger partial charge in [-0.1, -0.05) is 29.5 Å². The maximum Gasteiger partial charge on any atom is 0.350 e. The fourth-order valence-corrected chi connectivity index (χ4v) is 5.46. The number of hydrogen-bond acceptors (Lipinski definition) is 10. The number of aromatic nitrogens is 3. The van der Waals surface area contributed by atoms with E-state index in [2.05, 4.69) is 9.97 Å². The van der Waals surface area contributed by atoms with Gasteiger partial charge >= 0.3 is 11.9 Å². The molecule has 12 nitrogen and oxygen atoms in total. The van der Waals surface area contributed by atoms with E-state index in [1.165, 1.54) is 31.4 Å². The van der Waals surface area contributed by atoms with Crippen LogP contribution >= 0.6 is 11.3 Å². The van der Waals surface area contributed by atoms with E-state index < -0.39 is 34.4 Å². The number of non-ortho nitro benzene ring substituents is 1. The van der Waals surface area contributed by atoms with Crippen molar-refractivity contribution in [1.29, 1.82) is 0 Å². The van der Waals surface area contributed by atoms with Crippen molar-refractivity contribution >= 4 is 51.2 Å². The van der Waals surface area contributed by atoms with Crippen LogP contribution in [0.15, 0.2) is 54.2 Å². The van der Waals surface area contributed by atoms with Gasteiger partial charge in [-0.25, -0.2) is 14.8 Å². The van der Waals surface area contributed by atoms with E-state index >= 15 is 0 Å². The van der Waals surface area contributed by atoms with Gasteiger partial charge in [0.25, 0.3) is 11.5 Å². The van der Waals surface area contributed by atoms with Crippen molar-refractivity contribution in [3.63, 3.8) is 0 Å². The number of esters is 1. The molecule has 1 saturated heterocycles. The van der Waals surface area contributed by atoms with E-state index in [1.54, 1.807) is 42.6 Å². The quantitative estimate of drug-likeness (QED) is 0.101. The van der Waals surface area contributed by atoms with Gasteiger partial charge in [0, 0.05) is 18.3 Å². The summed E-state index contributed by atoms with van der Waals surface area (Å²) in [6.07, 6.45) is 1.65. The summed E-state index contributed by atoms with van der Waals surface area (Å²) < 4.78 is 6.36. The summed E-state index contributed by atoms with van der Waals surface area (Å²) in [5.74, 6) is -3.20. The number of anilines is 1. The Hall–Kier alpha value is -4.91. The highest BCUT2D eigenvalue weighted by Crippen LogP contribution is 2.44. The number of carbonyl (C=O) groups excluding carboxylic acids is 3. The van der Waals surface area contributed by atoms with Gasteiger partial charge < -0.3 is 9.84 Å². The minimum atomic E-state index is -1.28. The number of ether oxygens (including phenoxy) is 1. The van der Waals surface area contributed by atoms with Crippen LogP contribution in [0.5, 0.6) is 0 Å². The topological polar surface area (TPSA) is 157 Å². The highest BCUT2D eigenvalue weighted by molar-refractivity contribution is 7.17. The normalized spacial score (nSPS) is 16.8. The molecule has 1 aliphatic heterocycles. The Morgan fingerprint density at radius 3 is 2.61 bits per heavy atom. The Morgan fingerprint density at radius 1 is 1.13 bits per heavy atom. The van der Waals surface area contributed by atoms with E-state index in [1.807, 2.05) is 0 Å². The number of fused-ring (bicyclic) bond motifs is 1. The smallest absolute Gasteiger partial charge is 0.350 e. The van der Waals surface area contributed by atoms with Gasteiger partial charge in [0.1, 0.15) is 16.2 Å². The van der Waals surface area contributed by atoms with Gasteiger partial charge in [-0.15, -0.1) is 0 Å². The molecular weight excluding hydrogens is 514 g/mol. The minimum Gasteiger partial charge on any atom is -0.505 e. The number of nitro benzene ring substituents is 1. The van der Waals surface area contributed by atoms with E-state index in [0.717, 1.165) is 16.2 Å². The third-order valence-corrected chi connectivity index (χ3v) is 7.27. The third kappa shape index (κ3) is 3.80. The molecule has 4 heterocycles. The number of amides is 1. The molecule has 1 aliphatic rings. The van der Waals surface area contributed by atoms with Crippen LogP contribution in [0, 0.1) is 24.0 Å². The van der Waals surface area contributed by atoms with Crippen LogP contribution in [-0.2, 0) is 14.3 Å². The number of carbonyl (C=O) groups is 3. The first kappa shape index (κ1) is 24.8. The van der Waals surface area contributed by atoms with Crippen molar-refractivity contribution in [3.8, 4) is 0 Å². The SMILES string of the molecule is COC(=O)c1sc(N2C(=O)C(=O)C(=C(O)c3c(C)nc4ccccn34)C2c2cccc([N+](=O)[O-])c2)nc1C. The first-order valence-electron chi connectivity index (χ1n) is 11.2. The van der Waals surface area contributed by atoms with Crippen LogP contribution in [-0.4, -0.2) is 49.2 Å². The number of nitrogens with zero attached hydrogens (tertiary/aromatic N) is 5. The van der Waals surface area contributed by atoms with Crippen LogP contribution < -0.4 is 4.90 Å². The number of aliphatic hydroxyl groups is 1. The highest BCUT2D eigenvalue weighted by Gasteiger charge is 2.49. The average molecular weight is 534 g/mol. The predicted molar refractivity (Wildman–Crippen MR) is 136 cm³/mol. The molecule has 38 heavy (non-hydrogen) atoms. The first-order chi connectivity index (χ1) is 18.1. The lowest BCUT2D eigenvalue weighted by Gasteiger charge is -2.22. The molecule has 4 aromatic rings. The van der Waals surface area contributed by atoms with Gasteiger partial charge in [0.2, 0.25) is 0 Å². The number of methoxy groups -OCH3 is 1. The van der Waals surface area contributed by atoms with Crippen LogP contribution in [0.3, 0.4) is 0 Å². The molecule has 0 radical (unpaired) electrons. The van der Waals surface area contributed by atoms with Crippen LogP contribution in [0.1, 0.15) is 38.4 Å². The van der Waals surface area contributed by atoms with Gasteiger partial charge in [-0.3, -0.25) is 29.0 Å². The predicted octanol–water partition coefficient (Wildman–Crippen LogP) is 3.73. The van der Waals surface area contributed by atoms with Gasteiger partial charge in [0.05, 0.1) is 35.0 Å². The second-order valence-corrected chi connectivity index (χ2v) is 9.38. The summed E-state index contributed by atoms with van der Waals surface area (Å²) in [5.41, 5.74) is 0.996. The molecule has 0 aliphatic carbocycles. The molecule has 0 saturated carbocycles. The number of hydrogen-bond donors (Lipinski definition) is 1. The van der Waals surface area contributed by atoms with Crippen LogP contribution in [0.25, 0.3) is 11.4 Å². The van der Waals surface area contributed by atoms with E-state index in [4.69, 9.17) is 4.74 Å². The zero-order valence-corrected chi connectivity index (χ0v) is 21.1. The highest BCUT2D eigenvalue weighted by atomic mass is 32.1. The maximum absolute atomic E-state index is 13.5. The van der Waals surface area contributed by atoms with Gasteiger partial charge in [-0.2, -0.15) is 0 Å². The average Bonchev–Trinajstić information content (AvgIpc) is 3.53. The fourth-order valence-electron chi connectivity index (χ4n) is 4.45. The van der Waals surface area contributed by atoms with Crippen molar-refractivity contribution in [1.82, 2.24) is 14.4 Å². The molecule has 1 atom stereocenters. The van der Waals surface area contributed by atoms with Gasteiger partial charge in [0.15, 0.2) is 10.9 Å². The van der Waals surface area contributed by atoms with E-state index in [-0.39, 0.29) is 38.2 Å². The molecule has 0 spiro atoms. The summed E-state index contributed by atoms with van der Waals surface area (Å²) in [6, 6.07) is 9.33. The van der Waals surface area contributed by atoms with Crippen LogP contribution in [0.4, 0.5) is 10.8 Å².